The van der Waals surface area contributed by atoms with Crippen LogP contribution in [0.15, 0.2) is 60.7 Å². The van der Waals surface area contributed by atoms with Crippen molar-refractivity contribution in [3.63, 3.8) is 0 Å². The van der Waals surface area contributed by atoms with Gasteiger partial charge in [0.05, 0.1) is 19.2 Å². The molecular formula is C22H20ClO4. The molecule has 3 aromatic rings. The van der Waals surface area contributed by atoms with Crippen LogP contribution >= 0.6 is 11.6 Å². The molecule has 0 amide bonds. The first-order valence-corrected chi connectivity index (χ1v) is 8.79. The summed E-state index contributed by atoms with van der Waals surface area (Å²) in [7, 11) is 3.28. The SMILES string of the molecule is COc1ccc(COc2cc[c]c(Cl)c2OCc2ccc(OC)cc2)cc1. The average Bonchev–Trinajstić information content (AvgIpc) is 2.72. The number of ether oxygens (including phenoxy) is 4. The van der Waals surface area contributed by atoms with Crippen LogP contribution in [0.2, 0.25) is 5.02 Å². The second-order valence-electron chi connectivity index (χ2n) is 5.76. The summed E-state index contributed by atoms with van der Waals surface area (Å²) in [5.74, 6) is 2.65. The first-order chi connectivity index (χ1) is 13.2. The van der Waals surface area contributed by atoms with E-state index in [1.54, 1.807) is 26.4 Å². The molecule has 5 heteroatoms. The lowest BCUT2D eigenvalue weighted by atomic mass is 10.2. The average molecular weight is 384 g/mol. The van der Waals surface area contributed by atoms with Crippen LogP contribution in [-0.4, -0.2) is 14.2 Å². The molecule has 0 unspecified atom stereocenters. The number of halogens is 1. The molecular weight excluding hydrogens is 364 g/mol. The van der Waals surface area contributed by atoms with Gasteiger partial charge in [0.2, 0.25) is 0 Å². The molecule has 1 radical (unpaired) electrons. The molecule has 0 aliphatic heterocycles. The van der Waals surface area contributed by atoms with Crippen LogP contribution in [0.4, 0.5) is 0 Å². The first-order valence-electron chi connectivity index (χ1n) is 8.41. The number of benzene rings is 3. The molecule has 4 nitrogen and oxygen atoms in total. The van der Waals surface area contributed by atoms with E-state index in [-0.39, 0.29) is 0 Å². The van der Waals surface area contributed by atoms with E-state index in [0.29, 0.717) is 29.7 Å². The van der Waals surface area contributed by atoms with E-state index in [9.17, 15) is 0 Å². The summed E-state index contributed by atoms with van der Waals surface area (Å²) in [5.41, 5.74) is 2.01. The van der Waals surface area contributed by atoms with Crippen LogP contribution in [0, 0.1) is 6.07 Å². The summed E-state index contributed by atoms with van der Waals surface area (Å²) in [6, 6.07) is 21.8. The summed E-state index contributed by atoms with van der Waals surface area (Å²) in [4.78, 5) is 0. The quantitative estimate of drug-likeness (QED) is 0.528. The molecule has 0 heterocycles. The summed E-state index contributed by atoms with van der Waals surface area (Å²) >= 11 is 6.27. The molecule has 3 aromatic carbocycles. The van der Waals surface area contributed by atoms with Gasteiger partial charge in [-0.25, -0.2) is 0 Å². The van der Waals surface area contributed by atoms with Crippen molar-refractivity contribution in [3.8, 4) is 23.0 Å². The zero-order chi connectivity index (χ0) is 19.1. The molecule has 0 bridgehead atoms. The van der Waals surface area contributed by atoms with Crippen molar-refractivity contribution in [1.29, 1.82) is 0 Å². The zero-order valence-corrected chi connectivity index (χ0v) is 16.0. The predicted octanol–water partition coefficient (Wildman–Crippen LogP) is 5.32. The van der Waals surface area contributed by atoms with Gasteiger partial charge in [-0.2, -0.15) is 0 Å². The van der Waals surface area contributed by atoms with Gasteiger partial charge in [0.25, 0.3) is 0 Å². The Bertz CT molecular complexity index is 860. The van der Waals surface area contributed by atoms with E-state index in [1.807, 2.05) is 48.5 Å². The number of rotatable bonds is 8. The number of methoxy groups -OCH3 is 2. The van der Waals surface area contributed by atoms with Gasteiger partial charge < -0.3 is 18.9 Å². The van der Waals surface area contributed by atoms with Crippen LogP contribution in [0.1, 0.15) is 11.1 Å². The predicted molar refractivity (Wildman–Crippen MR) is 105 cm³/mol. The van der Waals surface area contributed by atoms with Crippen LogP contribution < -0.4 is 18.9 Å². The molecule has 0 aliphatic rings. The lowest BCUT2D eigenvalue weighted by Crippen LogP contribution is -2.01. The zero-order valence-electron chi connectivity index (χ0n) is 15.2. The number of hydrogen-bond donors (Lipinski definition) is 0. The van der Waals surface area contributed by atoms with E-state index in [0.717, 1.165) is 22.6 Å². The molecule has 139 valence electrons. The van der Waals surface area contributed by atoms with Crippen molar-refractivity contribution in [3.05, 3.63) is 82.9 Å². The fourth-order valence-corrected chi connectivity index (χ4v) is 2.66. The van der Waals surface area contributed by atoms with Crippen LogP contribution in [0.3, 0.4) is 0 Å². The Morgan fingerprint density at radius 2 is 1.26 bits per heavy atom. The summed E-state index contributed by atoms with van der Waals surface area (Å²) < 4.78 is 22.1. The van der Waals surface area contributed by atoms with Crippen LogP contribution in [0.25, 0.3) is 0 Å². The monoisotopic (exact) mass is 383 g/mol. The van der Waals surface area contributed by atoms with Gasteiger partial charge in [-0.15, -0.1) is 0 Å². The Morgan fingerprint density at radius 3 is 1.78 bits per heavy atom. The standard InChI is InChI=1S/C22H20ClO4/c1-24-18-10-6-16(7-11-18)14-26-21-5-3-4-20(23)22(21)27-15-17-8-12-19(25-2)13-9-17/h3,5-13H,14-15H2,1-2H3. The maximum Gasteiger partial charge on any atom is 0.180 e. The van der Waals surface area contributed by atoms with Gasteiger partial charge in [0.15, 0.2) is 11.5 Å². The van der Waals surface area contributed by atoms with Crippen LogP contribution in [-0.2, 0) is 13.2 Å². The van der Waals surface area contributed by atoms with E-state index < -0.39 is 0 Å². The third-order valence-corrected chi connectivity index (χ3v) is 4.24. The summed E-state index contributed by atoms with van der Waals surface area (Å²) in [6.07, 6.45) is 0. The topological polar surface area (TPSA) is 36.9 Å². The molecule has 0 saturated carbocycles. The maximum atomic E-state index is 6.27. The van der Waals surface area contributed by atoms with Gasteiger partial charge in [0, 0.05) is 6.07 Å². The molecule has 27 heavy (non-hydrogen) atoms. The summed E-state index contributed by atoms with van der Waals surface area (Å²) in [5, 5.41) is 0.385. The molecule has 3 rings (SSSR count). The van der Waals surface area contributed by atoms with Gasteiger partial charge in [-0.1, -0.05) is 35.9 Å². The summed E-state index contributed by atoms with van der Waals surface area (Å²) in [6.45, 7) is 0.754. The fraction of sp³-hybridized carbons (Fsp3) is 0.182. The van der Waals surface area contributed by atoms with Crippen molar-refractivity contribution in [2.75, 3.05) is 14.2 Å². The van der Waals surface area contributed by atoms with E-state index in [4.69, 9.17) is 30.5 Å². The second-order valence-corrected chi connectivity index (χ2v) is 6.14. The Labute approximate surface area is 164 Å². The van der Waals surface area contributed by atoms with Crippen molar-refractivity contribution in [2.45, 2.75) is 13.2 Å². The minimum atomic E-state index is 0.362. The smallest absolute Gasteiger partial charge is 0.180 e. The van der Waals surface area contributed by atoms with E-state index in [1.165, 1.54) is 0 Å². The molecule has 0 saturated heterocycles. The minimum absolute atomic E-state index is 0.362. The van der Waals surface area contributed by atoms with Gasteiger partial charge in [-0.05, 0) is 47.5 Å². The third-order valence-electron chi connectivity index (χ3n) is 3.96. The highest BCUT2D eigenvalue weighted by Gasteiger charge is 2.11. The highest BCUT2D eigenvalue weighted by atomic mass is 35.5. The first kappa shape index (κ1) is 18.9. The highest BCUT2D eigenvalue weighted by Crippen LogP contribution is 2.35. The minimum Gasteiger partial charge on any atom is -0.497 e. The number of hydrogen-bond acceptors (Lipinski definition) is 4. The maximum absolute atomic E-state index is 6.27. The fourth-order valence-electron chi connectivity index (χ4n) is 2.45. The second kappa shape index (κ2) is 9.19. The van der Waals surface area contributed by atoms with E-state index in [2.05, 4.69) is 6.07 Å². The molecule has 0 aliphatic carbocycles. The largest absolute Gasteiger partial charge is 0.497 e. The van der Waals surface area contributed by atoms with Crippen molar-refractivity contribution < 1.29 is 18.9 Å². The lowest BCUT2D eigenvalue weighted by molar-refractivity contribution is 0.256. The Kier molecular flexibility index (Phi) is 6.44. The van der Waals surface area contributed by atoms with Gasteiger partial charge in [0.1, 0.15) is 24.7 Å². The van der Waals surface area contributed by atoms with Crippen molar-refractivity contribution in [2.24, 2.45) is 0 Å². The molecule has 0 atom stereocenters. The van der Waals surface area contributed by atoms with Gasteiger partial charge in [-0.3, -0.25) is 0 Å². The third kappa shape index (κ3) is 5.08. The highest BCUT2D eigenvalue weighted by molar-refractivity contribution is 6.32. The Hall–Kier alpha value is -2.85. The van der Waals surface area contributed by atoms with E-state index >= 15 is 0 Å². The Morgan fingerprint density at radius 1 is 0.741 bits per heavy atom. The Balaban J connectivity index is 1.67. The molecule has 0 N–H and O–H groups in total. The molecule has 0 aromatic heterocycles. The molecule has 0 fully saturated rings. The molecule has 0 spiro atoms. The normalized spacial score (nSPS) is 10.3. The van der Waals surface area contributed by atoms with Gasteiger partial charge >= 0.3 is 0 Å². The van der Waals surface area contributed by atoms with Crippen LogP contribution in [0.5, 0.6) is 23.0 Å². The van der Waals surface area contributed by atoms with Crippen molar-refractivity contribution in [1.82, 2.24) is 0 Å². The van der Waals surface area contributed by atoms with Crippen molar-refractivity contribution >= 4 is 11.6 Å². The lowest BCUT2D eigenvalue weighted by Gasteiger charge is -2.14.